The Morgan fingerprint density at radius 3 is 2.67 bits per heavy atom. The molecule has 0 fully saturated rings. The van der Waals surface area contributed by atoms with Crippen LogP contribution in [-0.4, -0.2) is 18.5 Å². The first kappa shape index (κ1) is 15.2. The Bertz CT molecular complexity index is 360. The molecule has 0 radical (unpaired) electrons. The van der Waals surface area contributed by atoms with Gasteiger partial charge in [0.1, 0.15) is 0 Å². The van der Waals surface area contributed by atoms with E-state index in [9.17, 15) is 4.79 Å². The number of carbonyl (C=O) groups is 1. The van der Waals surface area contributed by atoms with Gasteiger partial charge in [0.15, 0.2) is 0 Å². The monoisotopic (exact) mass is 268 g/mol. The van der Waals surface area contributed by atoms with Crippen molar-refractivity contribution in [1.82, 2.24) is 10.6 Å². The zero-order chi connectivity index (χ0) is 13.4. The molecule has 102 valence electrons. The van der Waals surface area contributed by atoms with Crippen molar-refractivity contribution in [3.8, 4) is 0 Å². The van der Waals surface area contributed by atoms with Crippen molar-refractivity contribution in [1.29, 1.82) is 0 Å². The molecule has 0 aliphatic rings. The lowest BCUT2D eigenvalue weighted by atomic mass is 10.2. The van der Waals surface area contributed by atoms with E-state index in [4.69, 9.17) is 0 Å². The van der Waals surface area contributed by atoms with E-state index in [0.717, 1.165) is 19.4 Å². The van der Waals surface area contributed by atoms with Crippen molar-refractivity contribution in [2.45, 2.75) is 52.6 Å². The molecule has 18 heavy (non-hydrogen) atoms. The topological polar surface area (TPSA) is 41.1 Å². The number of carbonyl (C=O) groups excluding carboxylic acids is 1. The summed E-state index contributed by atoms with van der Waals surface area (Å²) in [6, 6.07) is 4.73. The van der Waals surface area contributed by atoms with Crippen molar-refractivity contribution in [2.75, 3.05) is 6.54 Å². The van der Waals surface area contributed by atoms with Gasteiger partial charge in [0.05, 0.1) is 6.54 Å². The molecule has 1 aromatic heterocycles. The predicted molar refractivity (Wildman–Crippen MR) is 77.9 cm³/mol. The molecule has 0 spiro atoms. The molecule has 1 aromatic rings. The molecule has 0 bridgehead atoms. The summed E-state index contributed by atoms with van der Waals surface area (Å²) in [5, 5.41) is 6.28. The minimum atomic E-state index is 0.145. The van der Waals surface area contributed by atoms with E-state index in [-0.39, 0.29) is 5.91 Å². The second-order valence-electron chi connectivity index (χ2n) is 4.71. The fraction of sp³-hybridized carbons (Fsp3) is 0.643. The Kier molecular flexibility index (Phi) is 6.98. The maximum Gasteiger partial charge on any atom is 0.220 e. The van der Waals surface area contributed by atoms with Crippen LogP contribution < -0.4 is 10.6 Å². The van der Waals surface area contributed by atoms with Crippen molar-refractivity contribution in [3.63, 3.8) is 0 Å². The van der Waals surface area contributed by atoms with E-state index in [0.29, 0.717) is 19.0 Å². The van der Waals surface area contributed by atoms with Gasteiger partial charge in [0, 0.05) is 22.2 Å². The highest BCUT2D eigenvalue weighted by Gasteiger charge is 2.03. The Balaban J connectivity index is 2.13. The van der Waals surface area contributed by atoms with Gasteiger partial charge in [0.25, 0.3) is 0 Å². The summed E-state index contributed by atoms with van der Waals surface area (Å²) in [5.41, 5.74) is 0. The molecule has 0 aliphatic carbocycles. The Morgan fingerprint density at radius 1 is 1.33 bits per heavy atom. The van der Waals surface area contributed by atoms with Crippen LogP contribution in [0.1, 0.15) is 43.4 Å². The number of thiophene rings is 1. The van der Waals surface area contributed by atoms with E-state index < -0.39 is 0 Å². The van der Waals surface area contributed by atoms with Crippen LogP contribution >= 0.6 is 11.3 Å². The van der Waals surface area contributed by atoms with E-state index in [1.165, 1.54) is 9.75 Å². The van der Waals surface area contributed by atoms with E-state index in [2.05, 4.69) is 43.5 Å². The van der Waals surface area contributed by atoms with Gasteiger partial charge in [-0.25, -0.2) is 0 Å². The van der Waals surface area contributed by atoms with Crippen molar-refractivity contribution in [3.05, 3.63) is 21.9 Å². The van der Waals surface area contributed by atoms with Crippen LogP contribution in [0.3, 0.4) is 0 Å². The Labute approximate surface area is 114 Å². The summed E-state index contributed by atoms with van der Waals surface area (Å²) < 4.78 is 0. The zero-order valence-electron chi connectivity index (χ0n) is 11.6. The molecule has 0 atom stereocenters. The minimum absolute atomic E-state index is 0.145. The van der Waals surface area contributed by atoms with E-state index in [1.54, 1.807) is 11.3 Å². The summed E-state index contributed by atoms with van der Waals surface area (Å²) in [4.78, 5) is 14.2. The van der Waals surface area contributed by atoms with Gasteiger partial charge in [-0.05, 0) is 31.5 Å². The molecule has 3 nitrogen and oxygen atoms in total. The third kappa shape index (κ3) is 6.17. The number of nitrogens with one attached hydrogen (secondary N) is 2. The van der Waals surface area contributed by atoms with Crippen LogP contribution in [0.25, 0.3) is 0 Å². The second kappa shape index (κ2) is 8.27. The van der Waals surface area contributed by atoms with Gasteiger partial charge >= 0.3 is 0 Å². The van der Waals surface area contributed by atoms with Gasteiger partial charge in [-0.2, -0.15) is 0 Å². The largest absolute Gasteiger partial charge is 0.351 e. The average molecular weight is 268 g/mol. The standard InChI is InChI=1S/C14H24N2OS/c1-4-12-7-8-13(18-12)10-16-14(17)6-5-9-15-11(2)3/h7-8,11,15H,4-6,9-10H2,1-3H3,(H,16,17). The van der Waals surface area contributed by atoms with Crippen LogP contribution in [0.15, 0.2) is 12.1 Å². The summed E-state index contributed by atoms with van der Waals surface area (Å²) in [6.07, 6.45) is 2.57. The number of amides is 1. The van der Waals surface area contributed by atoms with Gasteiger partial charge in [0.2, 0.25) is 5.91 Å². The maximum absolute atomic E-state index is 11.6. The molecule has 0 saturated carbocycles. The maximum atomic E-state index is 11.6. The summed E-state index contributed by atoms with van der Waals surface area (Å²) >= 11 is 1.78. The molecule has 2 N–H and O–H groups in total. The third-order valence-electron chi connectivity index (χ3n) is 2.66. The predicted octanol–water partition coefficient (Wildman–Crippen LogP) is 2.70. The molecular weight excluding hydrogens is 244 g/mol. The van der Waals surface area contributed by atoms with E-state index >= 15 is 0 Å². The molecular formula is C14H24N2OS. The third-order valence-corrected chi connectivity index (χ3v) is 3.89. The Hall–Kier alpha value is -0.870. The minimum Gasteiger partial charge on any atom is -0.351 e. The molecule has 4 heteroatoms. The fourth-order valence-corrected chi connectivity index (χ4v) is 2.52. The van der Waals surface area contributed by atoms with Gasteiger partial charge in [-0.1, -0.05) is 20.8 Å². The lowest BCUT2D eigenvalue weighted by Crippen LogP contribution is -2.26. The number of hydrogen-bond acceptors (Lipinski definition) is 3. The highest BCUT2D eigenvalue weighted by Crippen LogP contribution is 2.16. The van der Waals surface area contributed by atoms with Crippen molar-refractivity contribution < 1.29 is 4.79 Å². The van der Waals surface area contributed by atoms with Gasteiger partial charge in [-0.3, -0.25) is 4.79 Å². The molecule has 1 heterocycles. The summed E-state index contributed by atoms with van der Waals surface area (Å²) in [5.74, 6) is 0.145. The number of aryl methyl sites for hydroxylation is 1. The zero-order valence-corrected chi connectivity index (χ0v) is 12.4. The van der Waals surface area contributed by atoms with Gasteiger partial charge in [-0.15, -0.1) is 11.3 Å². The first-order chi connectivity index (χ1) is 8.61. The van der Waals surface area contributed by atoms with Crippen LogP contribution in [0.4, 0.5) is 0 Å². The molecule has 0 aromatic carbocycles. The Morgan fingerprint density at radius 2 is 2.06 bits per heavy atom. The van der Waals surface area contributed by atoms with Crippen LogP contribution in [0.2, 0.25) is 0 Å². The number of rotatable bonds is 8. The molecule has 0 saturated heterocycles. The summed E-state index contributed by atoms with van der Waals surface area (Å²) in [6.45, 7) is 7.95. The fourth-order valence-electron chi connectivity index (χ4n) is 1.62. The highest BCUT2D eigenvalue weighted by atomic mass is 32.1. The highest BCUT2D eigenvalue weighted by molar-refractivity contribution is 7.11. The lowest BCUT2D eigenvalue weighted by molar-refractivity contribution is -0.121. The first-order valence-electron chi connectivity index (χ1n) is 6.69. The van der Waals surface area contributed by atoms with Crippen LogP contribution in [0.5, 0.6) is 0 Å². The molecule has 0 unspecified atom stereocenters. The smallest absolute Gasteiger partial charge is 0.220 e. The van der Waals surface area contributed by atoms with Crippen molar-refractivity contribution in [2.24, 2.45) is 0 Å². The normalized spacial score (nSPS) is 10.9. The van der Waals surface area contributed by atoms with Crippen molar-refractivity contribution >= 4 is 17.2 Å². The van der Waals surface area contributed by atoms with Crippen LogP contribution in [0, 0.1) is 0 Å². The molecule has 0 aliphatic heterocycles. The quantitative estimate of drug-likeness (QED) is 0.712. The summed E-state index contributed by atoms with van der Waals surface area (Å²) in [7, 11) is 0. The van der Waals surface area contributed by atoms with Gasteiger partial charge < -0.3 is 10.6 Å². The molecule has 1 rings (SSSR count). The first-order valence-corrected chi connectivity index (χ1v) is 7.51. The van der Waals surface area contributed by atoms with E-state index in [1.807, 2.05) is 0 Å². The average Bonchev–Trinajstić information content (AvgIpc) is 2.80. The lowest BCUT2D eigenvalue weighted by Gasteiger charge is -2.07. The van der Waals surface area contributed by atoms with Crippen LogP contribution in [-0.2, 0) is 17.8 Å². The second-order valence-corrected chi connectivity index (χ2v) is 5.96. The molecule has 1 amide bonds. The number of hydrogen-bond donors (Lipinski definition) is 2. The SMILES string of the molecule is CCc1ccc(CNC(=O)CCCNC(C)C)s1.